The second-order valence-corrected chi connectivity index (χ2v) is 3.53. The maximum Gasteiger partial charge on any atom is 0.466 e. The van der Waals surface area contributed by atoms with Crippen LogP contribution in [-0.4, -0.2) is 21.8 Å². The molecule has 9 heteroatoms. The number of nitrogens with two attached hydrogens (primary N) is 1. The molecule has 6 N–H and O–H groups in total. The molecule has 1 aromatic rings. The minimum Gasteiger partial charge on any atom is -0.497 e. The van der Waals surface area contributed by atoms with E-state index in [9.17, 15) is 4.39 Å². The summed E-state index contributed by atoms with van der Waals surface area (Å²) < 4.78 is 26.4. The van der Waals surface area contributed by atoms with E-state index in [0.717, 1.165) is 0 Å². The number of rotatable bonds is 2. The first-order valence-electron chi connectivity index (χ1n) is 3.86. The van der Waals surface area contributed by atoms with Crippen LogP contribution >= 0.6 is 7.82 Å². The summed E-state index contributed by atoms with van der Waals surface area (Å²) in [4.78, 5) is 21.6. The fourth-order valence-corrected chi connectivity index (χ4v) is 0.742. The lowest BCUT2D eigenvalue weighted by Gasteiger charge is -2.03. The fraction of sp³-hybridized carbons (Fsp3) is 0.143. The number of hydrogen-bond donors (Lipinski definition) is 5. The van der Waals surface area contributed by atoms with Crippen LogP contribution in [0.25, 0.3) is 0 Å². The number of ether oxygens (including phenoxy) is 1. The molecule has 0 spiro atoms. The van der Waals surface area contributed by atoms with Gasteiger partial charge in [-0.25, -0.2) is 8.96 Å². The van der Waals surface area contributed by atoms with Crippen molar-refractivity contribution in [3.8, 4) is 5.75 Å². The van der Waals surface area contributed by atoms with Gasteiger partial charge >= 0.3 is 7.82 Å². The van der Waals surface area contributed by atoms with Crippen molar-refractivity contribution in [3.63, 3.8) is 0 Å². The Hall–Kier alpha value is -1.18. The summed E-state index contributed by atoms with van der Waals surface area (Å²) in [5, 5.41) is 0. The van der Waals surface area contributed by atoms with E-state index in [0.29, 0.717) is 5.75 Å². The molecule has 0 unspecified atom stereocenters. The molecule has 0 fully saturated rings. The SMILES string of the molecule is COc1ccc(F)c(NN)c1.O=P(O)(O)O. The van der Waals surface area contributed by atoms with Gasteiger partial charge in [0.1, 0.15) is 11.6 Å². The lowest BCUT2D eigenvalue weighted by molar-refractivity contribution is 0.275. The van der Waals surface area contributed by atoms with Crippen LogP contribution in [0.3, 0.4) is 0 Å². The van der Waals surface area contributed by atoms with Gasteiger partial charge < -0.3 is 24.8 Å². The van der Waals surface area contributed by atoms with Gasteiger partial charge in [0.25, 0.3) is 0 Å². The van der Waals surface area contributed by atoms with Crippen LogP contribution in [0.2, 0.25) is 0 Å². The summed E-state index contributed by atoms with van der Waals surface area (Å²) in [6, 6.07) is 4.29. The molecule has 0 saturated heterocycles. The second-order valence-electron chi connectivity index (χ2n) is 2.50. The molecule has 0 aromatic heterocycles. The van der Waals surface area contributed by atoms with Gasteiger partial charge in [-0.05, 0) is 12.1 Å². The quantitative estimate of drug-likeness (QED) is 0.290. The van der Waals surface area contributed by atoms with Crippen LogP contribution in [0.1, 0.15) is 0 Å². The summed E-state index contributed by atoms with van der Waals surface area (Å²) in [5.41, 5.74) is 2.44. The lowest BCUT2D eigenvalue weighted by Crippen LogP contribution is -2.08. The Labute approximate surface area is 90.9 Å². The van der Waals surface area contributed by atoms with E-state index < -0.39 is 13.6 Å². The zero-order valence-electron chi connectivity index (χ0n) is 8.29. The summed E-state index contributed by atoms with van der Waals surface area (Å²) in [6.07, 6.45) is 0. The number of halogens is 1. The summed E-state index contributed by atoms with van der Waals surface area (Å²) in [5.74, 6) is 5.20. The van der Waals surface area contributed by atoms with E-state index in [1.54, 1.807) is 0 Å². The smallest absolute Gasteiger partial charge is 0.466 e. The lowest BCUT2D eigenvalue weighted by atomic mass is 10.3. The van der Waals surface area contributed by atoms with Crippen molar-refractivity contribution in [3.05, 3.63) is 24.0 Å². The van der Waals surface area contributed by atoms with Crippen molar-refractivity contribution < 1.29 is 28.4 Å². The number of nitrogens with one attached hydrogen (secondary N) is 1. The molecular formula is C7H12FN2O5P. The summed E-state index contributed by atoms with van der Waals surface area (Å²) >= 11 is 0. The number of benzene rings is 1. The molecule has 0 aliphatic heterocycles. The highest BCUT2D eigenvalue weighted by Crippen LogP contribution is 2.25. The van der Waals surface area contributed by atoms with E-state index in [2.05, 4.69) is 5.43 Å². The fourth-order valence-electron chi connectivity index (χ4n) is 0.742. The van der Waals surface area contributed by atoms with Gasteiger partial charge in [0.05, 0.1) is 12.8 Å². The Bertz CT molecular complexity index is 375. The van der Waals surface area contributed by atoms with Crippen LogP contribution < -0.4 is 16.0 Å². The highest BCUT2D eigenvalue weighted by molar-refractivity contribution is 7.45. The maximum atomic E-state index is 12.7. The molecule has 0 bridgehead atoms. The van der Waals surface area contributed by atoms with Gasteiger partial charge in [-0.2, -0.15) is 0 Å². The Balaban J connectivity index is 0.000000385. The molecule has 1 rings (SSSR count). The van der Waals surface area contributed by atoms with Crippen molar-refractivity contribution in [2.24, 2.45) is 5.84 Å². The summed E-state index contributed by atoms with van der Waals surface area (Å²) in [7, 11) is -3.13. The number of anilines is 1. The van der Waals surface area contributed by atoms with E-state index in [1.807, 2.05) is 0 Å². The maximum absolute atomic E-state index is 12.7. The average molecular weight is 254 g/mol. The van der Waals surface area contributed by atoms with Gasteiger partial charge in [-0.3, -0.25) is 5.84 Å². The van der Waals surface area contributed by atoms with Crippen LogP contribution in [-0.2, 0) is 4.57 Å². The van der Waals surface area contributed by atoms with Crippen LogP contribution in [0.5, 0.6) is 5.75 Å². The first kappa shape index (κ1) is 14.8. The van der Waals surface area contributed by atoms with Gasteiger partial charge in [0.15, 0.2) is 0 Å². The average Bonchev–Trinajstić information content (AvgIpc) is 2.16. The highest BCUT2D eigenvalue weighted by atomic mass is 31.2. The number of hydrazine groups is 1. The molecule has 92 valence electrons. The Morgan fingerprint density at radius 1 is 1.44 bits per heavy atom. The highest BCUT2D eigenvalue weighted by Gasteiger charge is 2.00. The van der Waals surface area contributed by atoms with Crippen molar-refractivity contribution in [1.29, 1.82) is 0 Å². The van der Waals surface area contributed by atoms with E-state index in [-0.39, 0.29) is 5.69 Å². The van der Waals surface area contributed by atoms with Crippen molar-refractivity contribution in [2.75, 3.05) is 12.5 Å². The number of phosphoric acid groups is 1. The number of nitrogen functional groups attached to an aromatic ring is 1. The van der Waals surface area contributed by atoms with Crippen molar-refractivity contribution in [1.82, 2.24) is 0 Å². The minimum absolute atomic E-state index is 0.226. The number of methoxy groups -OCH3 is 1. The van der Waals surface area contributed by atoms with Crippen LogP contribution in [0, 0.1) is 5.82 Å². The second kappa shape index (κ2) is 6.41. The molecular weight excluding hydrogens is 242 g/mol. The van der Waals surface area contributed by atoms with E-state index >= 15 is 0 Å². The molecule has 0 amide bonds. The molecule has 16 heavy (non-hydrogen) atoms. The monoisotopic (exact) mass is 254 g/mol. The first-order chi connectivity index (χ1) is 7.27. The molecule has 1 aromatic carbocycles. The third kappa shape index (κ3) is 7.16. The molecule has 0 atom stereocenters. The van der Waals surface area contributed by atoms with E-state index in [1.165, 1.54) is 25.3 Å². The molecule has 0 heterocycles. The zero-order chi connectivity index (χ0) is 12.8. The first-order valence-corrected chi connectivity index (χ1v) is 5.43. The normalized spacial score (nSPS) is 10.1. The van der Waals surface area contributed by atoms with Crippen molar-refractivity contribution >= 4 is 13.5 Å². The largest absolute Gasteiger partial charge is 0.497 e. The van der Waals surface area contributed by atoms with Crippen LogP contribution in [0.4, 0.5) is 10.1 Å². The molecule has 0 radical (unpaired) electrons. The predicted molar refractivity (Wildman–Crippen MR) is 55.0 cm³/mol. The molecule has 7 nitrogen and oxygen atoms in total. The third-order valence-corrected chi connectivity index (χ3v) is 1.33. The Kier molecular flexibility index (Phi) is 5.94. The molecule has 0 saturated carbocycles. The Morgan fingerprint density at radius 3 is 2.31 bits per heavy atom. The van der Waals surface area contributed by atoms with Gasteiger partial charge in [-0.15, -0.1) is 0 Å². The third-order valence-electron chi connectivity index (χ3n) is 1.33. The number of hydrogen-bond acceptors (Lipinski definition) is 4. The standard InChI is InChI=1S/C7H9FN2O.H3O4P/c1-11-5-2-3-6(8)7(4-5)10-9;1-5(2,3)4/h2-4,10H,9H2,1H3;(H3,1,2,3,4). The minimum atomic E-state index is -4.64. The predicted octanol–water partition coefficient (Wildman–Crippen LogP) is 0.191. The van der Waals surface area contributed by atoms with Gasteiger partial charge in [-0.1, -0.05) is 0 Å². The Morgan fingerprint density at radius 2 is 1.94 bits per heavy atom. The topological polar surface area (TPSA) is 125 Å². The molecule has 0 aliphatic rings. The molecule has 0 aliphatic carbocycles. The van der Waals surface area contributed by atoms with E-state index in [4.69, 9.17) is 29.8 Å². The van der Waals surface area contributed by atoms with Crippen LogP contribution in [0.15, 0.2) is 18.2 Å². The van der Waals surface area contributed by atoms with Gasteiger partial charge in [0.2, 0.25) is 0 Å². The summed E-state index contributed by atoms with van der Waals surface area (Å²) in [6.45, 7) is 0. The van der Waals surface area contributed by atoms with Crippen molar-refractivity contribution in [2.45, 2.75) is 0 Å². The van der Waals surface area contributed by atoms with Gasteiger partial charge in [0, 0.05) is 6.07 Å². The zero-order valence-corrected chi connectivity index (χ0v) is 9.19.